The molecule has 0 bridgehead atoms. The van der Waals surface area contributed by atoms with E-state index >= 15 is 0 Å². The summed E-state index contributed by atoms with van der Waals surface area (Å²) in [6, 6.07) is 6.19. The van der Waals surface area contributed by atoms with Crippen molar-refractivity contribution in [1.29, 1.82) is 0 Å². The zero-order valence-electron chi connectivity index (χ0n) is 10.0. The van der Waals surface area contributed by atoms with Crippen molar-refractivity contribution in [1.82, 2.24) is 15.0 Å². The summed E-state index contributed by atoms with van der Waals surface area (Å²) in [6.45, 7) is 2.68. The van der Waals surface area contributed by atoms with E-state index in [1.807, 2.05) is 12.1 Å². The van der Waals surface area contributed by atoms with Gasteiger partial charge in [-0.3, -0.25) is 4.79 Å². The van der Waals surface area contributed by atoms with Crippen LogP contribution in [0.2, 0.25) is 0 Å². The van der Waals surface area contributed by atoms with E-state index in [0.29, 0.717) is 18.5 Å². The molecule has 3 rings (SSSR count). The number of hydrogen-bond acceptors (Lipinski definition) is 4. The lowest BCUT2D eigenvalue weighted by Crippen LogP contribution is -2.21. The van der Waals surface area contributed by atoms with E-state index in [-0.39, 0.29) is 6.10 Å². The summed E-state index contributed by atoms with van der Waals surface area (Å²) >= 11 is 0. The van der Waals surface area contributed by atoms with Crippen LogP contribution in [-0.2, 0) is 13.0 Å². The van der Waals surface area contributed by atoms with E-state index in [1.165, 1.54) is 11.1 Å². The molecule has 1 aromatic heterocycles. The van der Waals surface area contributed by atoms with E-state index < -0.39 is 0 Å². The van der Waals surface area contributed by atoms with Crippen LogP contribution in [0.1, 0.15) is 21.6 Å². The molecule has 0 N–H and O–H groups in total. The number of aryl methyl sites for hydroxylation is 1. The zero-order chi connectivity index (χ0) is 12.5. The van der Waals surface area contributed by atoms with Gasteiger partial charge in [0.1, 0.15) is 17.5 Å². The fourth-order valence-corrected chi connectivity index (χ4v) is 2.22. The smallest absolute Gasteiger partial charge is 0.171 e. The molecule has 1 aliphatic heterocycles. The Labute approximate surface area is 104 Å². The lowest BCUT2D eigenvalue weighted by Gasteiger charge is -2.09. The van der Waals surface area contributed by atoms with Crippen LogP contribution in [0.15, 0.2) is 24.4 Å². The van der Waals surface area contributed by atoms with Crippen LogP contribution in [0.25, 0.3) is 0 Å². The van der Waals surface area contributed by atoms with Crippen LogP contribution >= 0.6 is 0 Å². The lowest BCUT2D eigenvalue weighted by molar-refractivity contribution is 0.111. The van der Waals surface area contributed by atoms with Crippen molar-refractivity contribution in [3.8, 4) is 5.75 Å². The van der Waals surface area contributed by atoms with Crippen molar-refractivity contribution in [3.05, 3.63) is 41.2 Å². The van der Waals surface area contributed by atoms with Crippen molar-refractivity contribution >= 4 is 6.29 Å². The number of nitrogens with zero attached hydrogens (tertiary/aromatic N) is 3. The highest BCUT2D eigenvalue weighted by atomic mass is 16.5. The van der Waals surface area contributed by atoms with Crippen LogP contribution in [0, 0.1) is 6.92 Å². The molecular formula is C13H13N3O2. The van der Waals surface area contributed by atoms with Gasteiger partial charge >= 0.3 is 0 Å². The molecule has 2 aromatic rings. The summed E-state index contributed by atoms with van der Waals surface area (Å²) in [5, 5.41) is 7.62. The molecule has 0 saturated carbocycles. The molecule has 0 saturated heterocycles. The Kier molecular flexibility index (Phi) is 2.59. The molecule has 5 nitrogen and oxygen atoms in total. The number of rotatable bonds is 3. The highest BCUT2D eigenvalue weighted by Gasteiger charge is 2.23. The van der Waals surface area contributed by atoms with Crippen molar-refractivity contribution in [2.75, 3.05) is 0 Å². The molecule has 18 heavy (non-hydrogen) atoms. The monoisotopic (exact) mass is 243 g/mol. The summed E-state index contributed by atoms with van der Waals surface area (Å²) in [6.07, 6.45) is 3.25. The third-order valence-electron chi connectivity index (χ3n) is 3.03. The maximum absolute atomic E-state index is 10.5. The van der Waals surface area contributed by atoms with Crippen LogP contribution in [-0.4, -0.2) is 27.4 Å². The van der Waals surface area contributed by atoms with Crippen molar-refractivity contribution in [3.63, 3.8) is 0 Å². The number of benzene rings is 1. The summed E-state index contributed by atoms with van der Waals surface area (Å²) in [5.74, 6) is 0.946. The van der Waals surface area contributed by atoms with Gasteiger partial charge in [-0.05, 0) is 18.6 Å². The second kappa shape index (κ2) is 4.25. The van der Waals surface area contributed by atoms with E-state index in [1.54, 1.807) is 10.9 Å². The first-order chi connectivity index (χ1) is 8.74. The quantitative estimate of drug-likeness (QED) is 0.765. The Bertz CT molecular complexity index is 592. The van der Waals surface area contributed by atoms with Gasteiger partial charge in [-0.25, -0.2) is 4.68 Å². The minimum atomic E-state index is 0.0583. The average molecular weight is 243 g/mol. The van der Waals surface area contributed by atoms with Gasteiger partial charge in [-0.15, -0.1) is 5.10 Å². The number of ether oxygens (including phenoxy) is 1. The van der Waals surface area contributed by atoms with Crippen molar-refractivity contribution in [2.24, 2.45) is 0 Å². The number of carbonyl (C=O) groups excluding carboxylic acids is 1. The zero-order valence-corrected chi connectivity index (χ0v) is 10.0. The number of aldehydes is 1. The van der Waals surface area contributed by atoms with Crippen LogP contribution in [0.5, 0.6) is 5.75 Å². The molecule has 0 aliphatic carbocycles. The summed E-state index contributed by atoms with van der Waals surface area (Å²) in [4.78, 5) is 10.5. The third-order valence-corrected chi connectivity index (χ3v) is 3.03. The predicted molar refractivity (Wildman–Crippen MR) is 64.7 cm³/mol. The van der Waals surface area contributed by atoms with Gasteiger partial charge in [-0.2, -0.15) is 0 Å². The molecule has 5 heteroatoms. The molecule has 1 aliphatic rings. The fraction of sp³-hybridized carbons (Fsp3) is 0.308. The van der Waals surface area contributed by atoms with Gasteiger partial charge in [0.2, 0.25) is 0 Å². The fourth-order valence-electron chi connectivity index (χ4n) is 2.22. The first-order valence-electron chi connectivity index (χ1n) is 5.86. The standard InChI is InChI=1S/C13H13N3O2/c1-9-2-3-13-10(4-9)5-12(18-13)7-16-6-11(8-17)14-15-16/h2-4,6,8,12H,5,7H2,1H3. The SMILES string of the molecule is Cc1ccc2c(c1)CC(Cn1cc(C=O)nn1)O2. The molecule has 1 atom stereocenters. The molecule has 0 spiro atoms. The van der Waals surface area contributed by atoms with Gasteiger partial charge in [0, 0.05) is 6.42 Å². The van der Waals surface area contributed by atoms with E-state index in [2.05, 4.69) is 23.3 Å². The molecule has 2 heterocycles. The Balaban J connectivity index is 1.72. The second-order valence-electron chi connectivity index (χ2n) is 4.54. The molecule has 0 amide bonds. The Morgan fingerprint density at radius 1 is 1.56 bits per heavy atom. The highest BCUT2D eigenvalue weighted by molar-refractivity contribution is 5.70. The Morgan fingerprint density at radius 2 is 2.44 bits per heavy atom. The van der Waals surface area contributed by atoms with Crippen LogP contribution in [0.4, 0.5) is 0 Å². The Morgan fingerprint density at radius 3 is 3.22 bits per heavy atom. The number of hydrogen-bond donors (Lipinski definition) is 0. The predicted octanol–water partition coefficient (Wildman–Crippen LogP) is 1.40. The van der Waals surface area contributed by atoms with Gasteiger partial charge < -0.3 is 4.74 Å². The first kappa shape index (κ1) is 11.0. The average Bonchev–Trinajstić information content (AvgIpc) is 2.95. The summed E-state index contributed by atoms with van der Waals surface area (Å²) < 4.78 is 7.48. The Hall–Kier alpha value is -2.17. The molecular weight excluding hydrogens is 230 g/mol. The first-order valence-corrected chi connectivity index (χ1v) is 5.86. The third kappa shape index (κ3) is 1.99. The minimum Gasteiger partial charge on any atom is -0.488 e. The summed E-state index contributed by atoms with van der Waals surface area (Å²) in [7, 11) is 0. The second-order valence-corrected chi connectivity index (χ2v) is 4.54. The van der Waals surface area contributed by atoms with Crippen molar-refractivity contribution in [2.45, 2.75) is 26.0 Å². The number of fused-ring (bicyclic) bond motifs is 1. The molecule has 0 radical (unpaired) electrons. The molecule has 1 unspecified atom stereocenters. The van der Waals surface area contributed by atoms with Gasteiger partial charge in [-0.1, -0.05) is 22.9 Å². The van der Waals surface area contributed by atoms with Crippen LogP contribution in [0.3, 0.4) is 0 Å². The van der Waals surface area contributed by atoms with E-state index in [4.69, 9.17) is 4.74 Å². The lowest BCUT2D eigenvalue weighted by atomic mass is 10.1. The minimum absolute atomic E-state index is 0.0583. The topological polar surface area (TPSA) is 57.0 Å². The van der Waals surface area contributed by atoms with Crippen molar-refractivity contribution < 1.29 is 9.53 Å². The van der Waals surface area contributed by atoms with Gasteiger partial charge in [0.25, 0.3) is 0 Å². The molecule has 92 valence electrons. The number of carbonyl (C=O) groups is 1. The maximum Gasteiger partial charge on any atom is 0.171 e. The highest BCUT2D eigenvalue weighted by Crippen LogP contribution is 2.29. The largest absolute Gasteiger partial charge is 0.488 e. The van der Waals surface area contributed by atoms with E-state index in [9.17, 15) is 4.79 Å². The van der Waals surface area contributed by atoms with E-state index in [0.717, 1.165) is 12.2 Å². The summed E-state index contributed by atoms with van der Waals surface area (Å²) in [5.41, 5.74) is 2.82. The molecule has 0 fully saturated rings. The normalized spacial score (nSPS) is 17.3. The van der Waals surface area contributed by atoms with Gasteiger partial charge in [0.15, 0.2) is 6.29 Å². The van der Waals surface area contributed by atoms with Gasteiger partial charge in [0.05, 0.1) is 12.7 Å². The van der Waals surface area contributed by atoms with Crippen LogP contribution < -0.4 is 4.74 Å². The number of aromatic nitrogens is 3. The maximum atomic E-state index is 10.5. The molecule has 1 aromatic carbocycles.